The largest absolute Gasteiger partial charge is 0.496 e. The first-order chi connectivity index (χ1) is 14.7. The molecule has 7 heteroatoms. The molecule has 3 aliphatic heterocycles. The molecule has 30 heavy (non-hydrogen) atoms. The second-order valence-corrected chi connectivity index (χ2v) is 8.41. The third-order valence-corrected chi connectivity index (χ3v) is 6.85. The zero-order valence-corrected chi connectivity index (χ0v) is 18.1. The number of nitrogens with zero attached hydrogens (tertiary/aromatic N) is 4. The van der Waals surface area contributed by atoms with Gasteiger partial charge in [0.1, 0.15) is 5.75 Å². The highest BCUT2D eigenvalue weighted by atomic mass is 16.5. The van der Waals surface area contributed by atoms with Crippen molar-refractivity contribution in [3.8, 4) is 17.2 Å². The van der Waals surface area contributed by atoms with Crippen molar-refractivity contribution < 1.29 is 14.2 Å². The second-order valence-electron chi connectivity index (χ2n) is 8.41. The quantitative estimate of drug-likeness (QED) is 0.724. The molecule has 0 N–H and O–H groups in total. The van der Waals surface area contributed by atoms with Gasteiger partial charge in [0.15, 0.2) is 11.5 Å². The van der Waals surface area contributed by atoms with Crippen molar-refractivity contribution in [2.75, 3.05) is 39.3 Å². The zero-order chi connectivity index (χ0) is 20.7. The molecule has 3 aliphatic rings. The van der Waals surface area contributed by atoms with E-state index >= 15 is 0 Å². The van der Waals surface area contributed by atoms with Crippen molar-refractivity contribution in [1.29, 1.82) is 0 Å². The van der Waals surface area contributed by atoms with Crippen molar-refractivity contribution in [2.24, 2.45) is 0 Å². The summed E-state index contributed by atoms with van der Waals surface area (Å²) in [4.78, 5) is 14.6. The van der Waals surface area contributed by atoms with Gasteiger partial charge in [-0.05, 0) is 31.7 Å². The number of hydrogen-bond acceptors (Lipinski definition) is 7. The fraction of sp³-hybridized carbons (Fsp3) is 0.565. The summed E-state index contributed by atoms with van der Waals surface area (Å²) in [5, 5.41) is 0. The summed E-state index contributed by atoms with van der Waals surface area (Å²) in [6.45, 7) is 2.97. The highest BCUT2D eigenvalue weighted by Crippen LogP contribution is 2.45. The summed E-state index contributed by atoms with van der Waals surface area (Å²) in [5.41, 5.74) is 3.66. The smallest absolute Gasteiger partial charge is 0.225 e. The molecular formula is C23H30N4O3. The van der Waals surface area contributed by atoms with E-state index in [1.807, 2.05) is 12.1 Å². The maximum atomic E-state index is 5.67. The molecule has 2 saturated heterocycles. The Morgan fingerprint density at radius 2 is 1.70 bits per heavy atom. The molecule has 0 saturated carbocycles. The lowest BCUT2D eigenvalue weighted by Crippen LogP contribution is -2.38. The SMILES string of the molecule is COc1cc(OC)c(OC)cc1CN1[C@H]2CC[C@@H]1c1cnc(N3CCCC3)nc1C2. The topological polar surface area (TPSA) is 60.0 Å². The van der Waals surface area contributed by atoms with Crippen LogP contribution in [-0.4, -0.2) is 55.3 Å². The van der Waals surface area contributed by atoms with Gasteiger partial charge >= 0.3 is 0 Å². The molecular weight excluding hydrogens is 380 g/mol. The van der Waals surface area contributed by atoms with Gasteiger partial charge in [-0.15, -0.1) is 0 Å². The Hall–Kier alpha value is -2.54. The number of fused-ring (bicyclic) bond motifs is 4. The lowest BCUT2D eigenvalue weighted by molar-refractivity contribution is 0.164. The van der Waals surface area contributed by atoms with Gasteiger partial charge in [0.2, 0.25) is 5.95 Å². The second kappa shape index (κ2) is 7.95. The molecule has 160 valence electrons. The Morgan fingerprint density at radius 1 is 0.967 bits per heavy atom. The Kier molecular flexibility index (Phi) is 5.15. The number of aromatic nitrogens is 2. The molecule has 0 unspecified atom stereocenters. The summed E-state index contributed by atoms with van der Waals surface area (Å²) in [7, 11) is 5.03. The standard InChI is InChI=1S/C23H30N4O3/c1-28-20-12-22(30-3)21(29-2)10-15(20)14-27-16-6-7-19(27)17-13-24-23(25-18(17)11-16)26-8-4-5-9-26/h10,12-13,16,19H,4-9,11,14H2,1-3H3/t16-,19+/m0/s1. The molecule has 0 spiro atoms. The van der Waals surface area contributed by atoms with Gasteiger partial charge in [0.05, 0.1) is 27.0 Å². The number of methoxy groups -OCH3 is 3. The Labute approximate surface area is 178 Å². The van der Waals surface area contributed by atoms with Gasteiger partial charge in [0, 0.05) is 61.5 Å². The highest BCUT2D eigenvalue weighted by molar-refractivity contribution is 5.51. The van der Waals surface area contributed by atoms with E-state index in [2.05, 4.69) is 16.0 Å². The normalized spacial score (nSPS) is 22.8. The van der Waals surface area contributed by atoms with Crippen LogP contribution in [0.3, 0.4) is 0 Å². The molecule has 1 aromatic carbocycles. The molecule has 5 rings (SSSR count). The van der Waals surface area contributed by atoms with E-state index in [0.717, 1.165) is 55.5 Å². The fourth-order valence-corrected chi connectivity index (χ4v) is 5.29. The maximum Gasteiger partial charge on any atom is 0.225 e. The van der Waals surface area contributed by atoms with Crippen molar-refractivity contribution in [2.45, 2.75) is 50.7 Å². The summed E-state index contributed by atoms with van der Waals surface area (Å²) in [6.07, 6.45) is 7.90. The van der Waals surface area contributed by atoms with Crippen LogP contribution in [-0.2, 0) is 13.0 Å². The van der Waals surface area contributed by atoms with E-state index in [-0.39, 0.29) is 0 Å². The fourth-order valence-electron chi connectivity index (χ4n) is 5.29. The highest BCUT2D eigenvalue weighted by Gasteiger charge is 2.41. The predicted molar refractivity (Wildman–Crippen MR) is 115 cm³/mol. The van der Waals surface area contributed by atoms with Crippen LogP contribution >= 0.6 is 0 Å². The lowest BCUT2D eigenvalue weighted by atomic mass is 9.98. The number of rotatable bonds is 6. The van der Waals surface area contributed by atoms with Gasteiger partial charge in [-0.2, -0.15) is 0 Å². The average Bonchev–Trinajstić information content (AvgIpc) is 3.40. The van der Waals surface area contributed by atoms with E-state index in [0.29, 0.717) is 17.8 Å². The van der Waals surface area contributed by atoms with Crippen LogP contribution in [0.15, 0.2) is 18.3 Å². The average molecular weight is 411 g/mol. The van der Waals surface area contributed by atoms with Gasteiger partial charge in [-0.25, -0.2) is 9.97 Å². The summed E-state index contributed by atoms with van der Waals surface area (Å²) < 4.78 is 16.6. The summed E-state index contributed by atoms with van der Waals surface area (Å²) in [6, 6.07) is 4.82. The number of anilines is 1. The third kappa shape index (κ3) is 3.25. The number of benzene rings is 1. The van der Waals surface area contributed by atoms with Crippen molar-refractivity contribution >= 4 is 5.95 Å². The van der Waals surface area contributed by atoms with E-state index in [9.17, 15) is 0 Å². The Bertz CT molecular complexity index is 929. The van der Waals surface area contributed by atoms with Crippen LogP contribution in [0.4, 0.5) is 5.95 Å². The first kappa shape index (κ1) is 19.4. The van der Waals surface area contributed by atoms with E-state index in [4.69, 9.17) is 24.2 Å². The monoisotopic (exact) mass is 410 g/mol. The van der Waals surface area contributed by atoms with E-state index in [1.54, 1.807) is 21.3 Å². The Balaban J connectivity index is 1.43. The summed E-state index contributed by atoms with van der Waals surface area (Å²) in [5.74, 6) is 3.17. The molecule has 2 atom stereocenters. The van der Waals surface area contributed by atoms with Gasteiger partial charge < -0.3 is 19.1 Å². The minimum Gasteiger partial charge on any atom is -0.496 e. The van der Waals surface area contributed by atoms with Crippen molar-refractivity contribution in [3.05, 3.63) is 35.2 Å². The molecule has 0 radical (unpaired) electrons. The molecule has 4 heterocycles. The first-order valence-electron chi connectivity index (χ1n) is 10.9. The van der Waals surface area contributed by atoms with Gasteiger partial charge in [-0.3, -0.25) is 4.90 Å². The molecule has 7 nitrogen and oxygen atoms in total. The van der Waals surface area contributed by atoms with Crippen LogP contribution in [0.1, 0.15) is 48.5 Å². The van der Waals surface area contributed by atoms with Gasteiger partial charge in [-0.1, -0.05) is 0 Å². The molecule has 0 amide bonds. The van der Waals surface area contributed by atoms with Crippen LogP contribution < -0.4 is 19.1 Å². The van der Waals surface area contributed by atoms with Crippen molar-refractivity contribution in [3.63, 3.8) is 0 Å². The third-order valence-electron chi connectivity index (χ3n) is 6.85. The molecule has 1 aromatic heterocycles. The van der Waals surface area contributed by atoms with Crippen LogP contribution in [0.5, 0.6) is 17.2 Å². The first-order valence-corrected chi connectivity index (χ1v) is 10.9. The van der Waals surface area contributed by atoms with Crippen LogP contribution in [0.25, 0.3) is 0 Å². The molecule has 0 aliphatic carbocycles. The molecule has 2 fully saturated rings. The molecule has 2 bridgehead atoms. The minimum atomic E-state index is 0.365. The number of ether oxygens (including phenoxy) is 3. The molecule has 2 aromatic rings. The van der Waals surface area contributed by atoms with E-state index < -0.39 is 0 Å². The van der Waals surface area contributed by atoms with Crippen molar-refractivity contribution in [1.82, 2.24) is 14.9 Å². The zero-order valence-electron chi connectivity index (χ0n) is 18.1. The number of hydrogen-bond donors (Lipinski definition) is 0. The lowest BCUT2D eigenvalue weighted by Gasteiger charge is -2.36. The minimum absolute atomic E-state index is 0.365. The Morgan fingerprint density at radius 3 is 2.43 bits per heavy atom. The van der Waals surface area contributed by atoms with Gasteiger partial charge in [0.25, 0.3) is 0 Å². The van der Waals surface area contributed by atoms with Crippen LogP contribution in [0.2, 0.25) is 0 Å². The maximum absolute atomic E-state index is 5.67. The van der Waals surface area contributed by atoms with Crippen LogP contribution in [0, 0.1) is 0 Å². The van der Waals surface area contributed by atoms with E-state index in [1.165, 1.54) is 30.5 Å². The summed E-state index contributed by atoms with van der Waals surface area (Å²) >= 11 is 0. The predicted octanol–water partition coefficient (Wildman–Crippen LogP) is 3.36.